The largest absolute Gasteiger partial charge is 0.467 e. The van der Waals surface area contributed by atoms with Crippen LogP contribution >= 0.6 is 11.6 Å². The summed E-state index contributed by atoms with van der Waals surface area (Å²) < 4.78 is 30.2. The summed E-state index contributed by atoms with van der Waals surface area (Å²) in [6.45, 7) is 13.5. The highest BCUT2D eigenvalue weighted by Gasteiger charge is 2.35. The molecule has 1 atom stereocenters. The second-order valence-electron chi connectivity index (χ2n) is 11.2. The summed E-state index contributed by atoms with van der Waals surface area (Å²) in [5.74, 6) is 0.0850. The van der Waals surface area contributed by atoms with E-state index in [9.17, 15) is 14.0 Å². The Morgan fingerprint density at radius 3 is 2.00 bits per heavy atom. The van der Waals surface area contributed by atoms with E-state index < -0.39 is 29.4 Å². The van der Waals surface area contributed by atoms with Crippen LogP contribution in [0.4, 0.5) is 14.0 Å². The van der Waals surface area contributed by atoms with E-state index in [4.69, 9.17) is 25.8 Å². The molecule has 0 aliphatic rings. The molecule has 0 aliphatic heterocycles. The van der Waals surface area contributed by atoms with Crippen molar-refractivity contribution < 1.29 is 28.2 Å². The van der Waals surface area contributed by atoms with Crippen LogP contribution in [0.2, 0.25) is 5.02 Å². The summed E-state index contributed by atoms with van der Waals surface area (Å²) in [5, 5.41) is 0.312. The first kappa shape index (κ1) is 30.7. The van der Waals surface area contributed by atoms with Gasteiger partial charge in [-0.05, 0) is 96.8 Å². The molecule has 0 saturated heterocycles. The molecular formula is C29H34ClFN4O5. The Bertz CT molecular complexity index is 1390. The zero-order valence-electron chi connectivity index (χ0n) is 24.1. The Morgan fingerprint density at radius 2 is 1.48 bits per heavy atom. The molecule has 0 fully saturated rings. The number of methoxy groups -OCH3 is 1. The van der Waals surface area contributed by atoms with Gasteiger partial charge in [-0.1, -0.05) is 17.7 Å². The average molecular weight is 573 g/mol. The van der Waals surface area contributed by atoms with Crippen molar-refractivity contribution in [2.45, 2.75) is 72.6 Å². The van der Waals surface area contributed by atoms with Crippen molar-refractivity contribution in [2.75, 3.05) is 7.11 Å². The van der Waals surface area contributed by atoms with E-state index in [0.717, 1.165) is 4.90 Å². The van der Waals surface area contributed by atoms with Gasteiger partial charge in [-0.25, -0.2) is 23.9 Å². The molecule has 2 aromatic carbocycles. The van der Waals surface area contributed by atoms with Crippen LogP contribution in [0.15, 0.2) is 36.4 Å². The number of rotatable bonds is 5. The van der Waals surface area contributed by atoms with Crippen molar-refractivity contribution in [3.05, 3.63) is 58.4 Å². The number of imide groups is 1. The molecule has 1 aromatic heterocycles. The summed E-state index contributed by atoms with van der Waals surface area (Å²) in [6.07, 6.45) is -1.72. The number of carbonyl (C=O) groups excluding carboxylic acids is 2. The Morgan fingerprint density at radius 1 is 0.900 bits per heavy atom. The lowest BCUT2D eigenvalue weighted by Gasteiger charge is -2.32. The minimum absolute atomic E-state index is 0.0284. The number of halogens is 2. The van der Waals surface area contributed by atoms with Crippen LogP contribution < -0.4 is 4.74 Å². The van der Waals surface area contributed by atoms with Crippen molar-refractivity contribution >= 4 is 23.8 Å². The first-order chi connectivity index (χ1) is 18.5. The maximum atomic E-state index is 13.9. The van der Waals surface area contributed by atoms with Crippen LogP contribution in [0.3, 0.4) is 0 Å². The number of hydrogen-bond donors (Lipinski definition) is 0. The molecule has 9 nitrogen and oxygen atoms in total. The van der Waals surface area contributed by atoms with Crippen LogP contribution in [0.5, 0.6) is 6.01 Å². The van der Waals surface area contributed by atoms with Crippen LogP contribution in [-0.2, 0) is 9.47 Å². The molecule has 1 unspecified atom stereocenters. The van der Waals surface area contributed by atoms with Gasteiger partial charge in [0.15, 0.2) is 11.6 Å². The minimum atomic E-state index is -0.860. The zero-order valence-corrected chi connectivity index (χ0v) is 24.9. The van der Waals surface area contributed by atoms with Gasteiger partial charge in [0.05, 0.1) is 18.2 Å². The van der Waals surface area contributed by atoms with E-state index in [1.165, 1.54) is 13.2 Å². The number of carbonyl (C=O) groups is 2. The smallest absolute Gasteiger partial charge is 0.420 e. The molecular weight excluding hydrogens is 539 g/mol. The fourth-order valence-electron chi connectivity index (χ4n) is 3.62. The molecule has 214 valence electrons. The summed E-state index contributed by atoms with van der Waals surface area (Å²) >= 11 is 6.57. The Labute approximate surface area is 238 Å². The third-order valence-corrected chi connectivity index (χ3v) is 5.82. The third-order valence-electron chi connectivity index (χ3n) is 5.50. The maximum Gasteiger partial charge on any atom is 0.420 e. The Hall–Kier alpha value is -3.79. The van der Waals surface area contributed by atoms with Gasteiger partial charge in [-0.2, -0.15) is 9.97 Å². The maximum absolute atomic E-state index is 13.9. The highest BCUT2D eigenvalue weighted by atomic mass is 35.5. The first-order valence-corrected chi connectivity index (χ1v) is 13.0. The number of hydrogen-bond acceptors (Lipinski definition) is 8. The van der Waals surface area contributed by atoms with E-state index in [1.54, 1.807) is 85.7 Å². The Kier molecular flexibility index (Phi) is 9.04. The van der Waals surface area contributed by atoms with E-state index in [0.29, 0.717) is 27.3 Å². The standard InChI is InChI=1S/C29H34ClFN4O5/c1-16-14-19(11-13-22(16)31)23-32-24(34-25(33-23)38-9)20-15-18(10-12-21(20)30)17(2)35(26(36)39-28(3,4)5)27(37)40-29(6,7)8/h10-15,17H,1-9H3. The van der Waals surface area contributed by atoms with Crippen molar-refractivity contribution in [2.24, 2.45) is 0 Å². The molecule has 1 heterocycles. The number of aryl methyl sites for hydroxylation is 1. The second-order valence-corrected chi connectivity index (χ2v) is 11.6. The molecule has 2 amide bonds. The highest BCUT2D eigenvalue weighted by molar-refractivity contribution is 6.33. The third kappa shape index (κ3) is 7.65. The summed E-state index contributed by atoms with van der Waals surface area (Å²) in [7, 11) is 1.42. The SMILES string of the molecule is COc1nc(-c2ccc(F)c(C)c2)nc(-c2cc(C(C)N(C(=O)OC(C)(C)C)C(=O)OC(C)(C)C)ccc2Cl)n1. The van der Waals surface area contributed by atoms with E-state index in [2.05, 4.69) is 15.0 Å². The van der Waals surface area contributed by atoms with Gasteiger partial charge in [0.2, 0.25) is 0 Å². The van der Waals surface area contributed by atoms with Crippen LogP contribution in [0.1, 0.15) is 65.6 Å². The number of amides is 2. The van der Waals surface area contributed by atoms with Crippen molar-refractivity contribution in [1.29, 1.82) is 0 Å². The van der Waals surface area contributed by atoms with Gasteiger partial charge in [0, 0.05) is 11.1 Å². The fraction of sp³-hybridized carbons (Fsp3) is 0.414. The molecule has 40 heavy (non-hydrogen) atoms. The Balaban J connectivity index is 2.10. The topological polar surface area (TPSA) is 104 Å². The monoisotopic (exact) mass is 572 g/mol. The lowest BCUT2D eigenvalue weighted by Crippen LogP contribution is -2.44. The number of ether oxygens (including phenoxy) is 3. The molecule has 0 N–H and O–H groups in total. The number of benzene rings is 2. The molecule has 11 heteroatoms. The molecule has 0 bridgehead atoms. The normalized spacial score (nSPS) is 12.5. The van der Waals surface area contributed by atoms with Crippen molar-refractivity contribution in [3.8, 4) is 28.8 Å². The van der Waals surface area contributed by atoms with Crippen LogP contribution in [0.25, 0.3) is 22.8 Å². The fourth-order valence-corrected chi connectivity index (χ4v) is 3.82. The predicted octanol–water partition coefficient (Wildman–Crippen LogP) is 7.55. The summed E-state index contributed by atoms with van der Waals surface area (Å²) in [4.78, 5) is 40.5. The summed E-state index contributed by atoms with van der Waals surface area (Å²) in [6, 6.07) is 8.68. The minimum Gasteiger partial charge on any atom is -0.467 e. The molecule has 0 aliphatic carbocycles. The lowest BCUT2D eigenvalue weighted by atomic mass is 10.0. The highest BCUT2D eigenvalue weighted by Crippen LogP contribution is 2.33. The van der Waals surface area contributed by atoms with Gasteiger partial charge in [0.1, 0.15) is 17.0 Å². The molecule has 3 rings (SSSR count). The molecule has 3 aromatic rings. The van der Waals surface area contributed by atoms with Crippen molar-refractivity contribution in [3.63, 3.8) is 0 Å². The summed E-state index contributed by atoms with van der Waals surface area (Å²) in [5.41, 5.74) is 0.228. The zero-order chi connectivity index (χ0) is 30.0. The van der Waals surface area contributed by atoms with Crippen LogP contribution in [0, 0.1) is 12.7 Å². The molecule has 0 radical (unpaired) electrons. The van der Waals surface area contributed by atoms with Gasteiger partial charge in [-0.3, -0.25) is 0 Å². The lowest BCUT2D eigenvalue weighted by molar-refractivity contribution is -0.00609. The molecule has 0 saturated carbocycles. The average Bonchev–Trinajstić information content (AvgIpc) is 2.83. The van der Waals surface area contributed by atoms with Crippen LogP contribution in [-0.4, -0.2) is 50.4 Å². The van der Waals surface area contributed by atoms with E-state index in [-0.39, 0.29) is 23.5 Å². The van der Waals surface area contributed by atoms with E-state index in [1.807, 2.05) is 0 Å². The van der Waals surface area contributed by atoms with Gasteiger partial charge < -0.3 is 14.2 Å². The van der Waals surface area contributed by atoms with Gasteiger partial charge in [-0.15, -0.1) is 0 Å². The van der Waals surface area contributed by atoms with E-state index >= 15 is 0 Å². The first-order valence-electron chi connectivity index (χ1n) is 12.6. The van der Waals surface area contributed by atoms with Gasteiger partial charge in [0.25, 0.3) is 0 Å². The van der Waals surface area contributed by atoms with Gasteiger partial charge >= 0.3 is 18.2 Å². The number of aromatic nitrogens is 3. The quantitative estimate of drug-likeness (QED) is 0.309. The second kappa shape index (κ2) is 11.8. The van der Waals surface area contributed by atoms with Crippen molar-refractivity contribution in [1.82, 2.24) is 19.9 Å². The number of nitrogens with zero attached hydrogens (tertiary/aromatic N) is 4. The predicted molar refractivity (Wildman–Crippen MR) is 150 cm³/mol. The molecule has 0 spiro atoms.